The molecule has 0 aliphatic heterocycles. The quantitative estimate of drug-likeness (QED) is 0.377. The van der Waals surface area contributed by atoms with Gasteiger partial charge in [0.05, 0.1) is 33.4 Å². The highest BCUT2D eigenvalue weighted by atomic mass is 16.6. The van der Waals surface area contributed by atoms with Crippen molar-refractivity contribution in [3.8, 4) is 23.0 Å². The van der Waals surface area contributed by atoms with E-state index in [0.29, 0.717) is 17.9 Å². The molecular weight excluding hydrogens is 428 g/mol. The van der Waals surface area contributed by atoms with Crippen LogP contribution >= 0.6 is 0 Å². The number of hydrogen-bond donors (Lipinski definition) is 1. The van der Waals surface area contributed by atoms with Crippen molar-refractivity contribution >= 4 is 17.3 Å². The Morgan fingerprint density at radius 3 is 2.12 bits per heavy atom. The van der Waals surface area contributed by atoms with E-state index < -0.39 is 16.5 Å². The molecule has 0 saturated heterocycles. The van der Waals surface area contributed by atoms with Gasteiger partial charge in [-0.1, -0.05) is 30.3 Å². The summed E-state index contributed by atoms with van der Waals surface area (Å²) in [6.07, 6.45) is 0.581. The summed E-state index contributed by atoms with van der Waals surface area (Å²) in [5.41, 5.74) is 1.62. The van der Waals surface area contributed by atoms with Crippen LogP contribution in [0.25, 0.3) is 0 Å². The molecule has 0 saturated carbocycles. The maximum Gasteiger partial charge on any atom is 0.327 e. The first-order valence-electron chi connectivity index (χ1n) is 9.93. The number of rotatable bonds is 9. The van der Waals surface area contributed by atoms with Gasteiger partial charge in [0.2, 0.25) is 11.5 Å². The van der Waals surface area contributed by atoms with Gasteiger partial charge in [-0.15, -0.1) is 0 Å². The minimum atomic E-state index is -0.697. The van der Waals surface area contributed by atoms with Crippen LogP contribution in [-0.4, -0.2) is 39.3 Å². The number of hydrogen-bond acceptors (Lipinski definition) is 7. The van der Waals surface area contributed by atoms with Crippen molar-refractivity contribution in [1.82, 2.24) is 0 Å². The van der Waals surface area contributed by atoms with Crippen molar-refractivity contribution in [2.24, 2.45) is 0 Å². The minimum Gasteiger partial charge on any atom is -0.496 e. The fourth-order valence-electron chi connectivity index (χ4n) is 3.50. The van der Waals surface area contributed by atoms with Gasteiger partial charge in [-0.2, -0.15) is 0 Å². The molecule has 0 heterocycles. The van der Waals surface area contributed by atoms with E-state index in [1.165, 1.54) is 27.4 Å². The minimum absolute atomic E-state index is 0.0258. The number of nitrogens with one attached hydrogen (secondary N) is 1. The molecule has 172 valence electrons. The van der Waals surface area contributed by atoms with Gasteiger partial charge < -0.3 is 24.3 Å². The zero-order chi connectivity index (χ0) is 24.0. The van der Waals surface area contributed by atoms with E-state index in [-0.39, 0.29) is 22.8 Å². The second-order valence-corrected chi connectivity index (χ2v) is 6.94. The molecule has 9 heteroatoms. The number of carbonyl (C=O) groups is 1. The molecule has 3 aromatic rings. The summed E-state index contributed by atoms with van der Waals surface area (Å²) in [5, 5.41) is 14.5. The highest BCUT2D eigenvalue weighted by Crippen LogP contribution is 2.46. The molecule has 3 aromatic carbocycles. The third kappa shape index (κ3) is 4.98. The molecule has 1 amide bonds. The smallest absolute Gasteiger partial charge is 0.327 e. The van der Waals surface area contributed by atoms with E-state index in [4.69, 9.17) is 18.9 Å². The first-order chi connectivity index (χ1) is 15.9. The van der Waals surface area contributed by atoms with E-state index in [0.717, 1.165) is 11.1 Å². The summed E-state index contributed by atoms with van der Waals surface area (Å²) >= 11 is 0. The summed E-state index contributed by atoms with van der Waals surface area (Å²) in [6.45, 7) is 0. The van der Waals surface area contributed by atoms with Crippen LogP contribution < -0.4 is 24.3 Å². The van der Waals surface area contributed by atoms with Gasteiger partial charge in [0.15, 0.2) is 5.75 Å². The second-order valence-electron chi connectivity index (χ2n) is 6.94. The average molecular weight is 452 g/mol. The Morgan fingerprint density at radius 1 is 0.879 bits per heavy atom. The third-order valence-electron chi connectivity index (χ3n) is 5.01. The molecule has 0 radical (unpaired) electrons. The van der Waals surface area contributed by atoms with Crippen LogP contribution in [0.4, 0.5) is 11.4 Å². The molecule has 1 N–H and O–H groups in total. The zero-order valence-electron chi connectivity index (χ0n) is 18.7. The molecule has 0 aromatic heterocycles. The molecule has 0 atom stereocenters. The third-order valence-corrected chi connectivity index (χ3v) is 5.01. The van der Waals surface area contributed by atoms with E-state index in [1.807, 2.05) is 30.3 Å². The van der Waals surface area contributed by atoms with Gasteiger partial charge in [0.25, 0.3) is 5.91 Å². The highest BCUT2D eigenvalue weighted by molar-refractivity contribution is 6.08. The normalized spacial score (nSPS) is 10.3. The van der Waals surface area contributed by atoms with E-state index in [9.17, 15) is 14.9 Å². The van der Waals surface area contributed by atoms with Crippen molar-refractivity contribution in [1.29, 1.82) is 0 Å². The molecule has 3 rings (SSSR count). The van der Waals surface area contributed by atoms with Crippen molar-refractivity contribution in [3.63, 3.8) is 0 Å². The fourth-order valence-corrected chi connectivity index (χ4v) is 3.50. The van der Waals surface area contributed by atoms with E-state index >= 15 is 0 Å². The number of nitro benzene ring substituents is 1. The van der Waals surface area contributed by atoms with Crippen molar-refractivity contribution in [2.75, 3.05) is 33.8 Å². The van der Waals surface area contributed by atoms with Crippen LogP contribution in [0.15, 0.2) is 54.6 Å². The van der Waals surface area contributed by atoms with Crippen molar-refractivity contribution in [3.05, 3.63) is 81.4 Å². The molecule has 0 spiro atoms. The summed E-state index contributed by atoms with van der Waals surface area (Å²) in [5.74, 6) is -0.0821. The number of nitrogens with zero attached hydrogens (tertiary/aromatic N) is 1. The summed E-state index contributed by atoms with van der Waals surface area (Å²) < 4.78 is 21.1. The molecule has 0 bridgehead atoms. The zero-order valence-corrected chi connectivity index (χ0v) is 18.7. The Bertz CT molecular complexity index is 1160. The van der Waals surface area contributed by atoms with Crippen LogP contribution in [0.5, 0.6) is 23.0 Å². The number of carbonyl (C=O) groups excluding carboxylic acids is 1. The number of nitro groups is 1. The topological polar surface area (TPSA) is 109 Å². The Morgan fingerprint density at radius 2 is 1.55 bits per heavy atom. The standard InChI is InChI=1S/C24H24N2O7/c1-30-19-11-10-17(13-16(19)12-15-8-6-5-7-9-15)25-24(27)18-14-20(31-2)22(32-3)23(33-4)21(18)26(28)29/h5-11,13-14H,12H2,1-4H3,(H,25,27). The summed E-state index contributed by atoms with van der Waals surface area (Å²) in [6, 6.07) is 16.2. The molecule has 0 aliphatic rings. The van der Waals surface area contributed by atoms with Gasteiger partial charge >= 0.3 is 5.69 Å². The van der Waals surface area contributed by atoms with Crippen molar-refractivity contribution in [2.45, 2.75) is 6.42 Å². The highest BCUT2D eigenvalue weighted by Gasteiger charge is 2.32. The van der Waals surface area contributed by atoms with Gasteiger partial charge in [-0.25, -0.2) is 0 Å². The molecular formula is C24H24N2O7. The first-order valence-corrected chi connectivity index (χ1v) is 9.93. The summed E-state index contributed by atoms with van der Waals surface area (Å²) in [7, 11) is 5.52. The van der Waals surface area contributed by atoms with Crippen LogP contribution in [-0.2, 0) is 6.42 Å². The van der Waals surface area contributed by atoms with Crippen LogP contribution in [0.1, 0.15) is 21.5 Å². The Kier molecular flexibility index (Phi) is 7.34. The monoisotopic (exact) mass is 452 g/mol. The Balaban J connectivity index is 2.00. The van der Waals surface area contributed by atoms with E-state index in [1.54, 1.807) is 25.3 Å². The number of ether oxygens (including phenoxy) is 4. The Labute approximate surface area is 191 Å². The number of methoxy groups -OCH3 is 4. The lowest BCUT2D eigenvalue weighted by molar-refractivity contribution is -0.386. The lowest BCUT2D eigenvalue weighted by Crippen LogP contribution is -2.15. The number of amides is 1. The fraction of sp³-hybridized carbons (Fsp3) is 0.208. The van der Waals surface area contributed by atoms with Crippen molar-refractivity contribution < 1.29 is 28.7 Å². The maximum atomic E-state index is 13.1. The largest absolute Gasteiger partial charge is 0.496 e. The maximum absolute atomic E-state index is 13.1. The van der Waals surface area contributed by atoms with Gasteiger partial charge in [0.1, 0.15) is 11.3 Å². The lowest BCUT2D eigenvalue weighted by Gasteiger charge is -2.15. The van der Waals surface area contributed by atoms with Gasteiger partial charge in [-0.05, 0) is 23.8 Å². The SMILES string of the molecule is COc1ccc(NC(=O)c2cc(OC)c(OC)c(OC)c2[N+](=O)[O-])cc1Cc1ccccc1. The van der Waals surface area contributed by atoms with Gasteiger partial charge in [0, 0.05) is 23.7 Å². The van der Waals surface area contributed by atoms with E-state index in [2.05, 4.69) is 5.32 Å². The molecule has 9 nitrogen and oxygen atoms in total. The van der Waals surface area contributed by atoms with Crippen LogP contribution in [0.2, 0.25) is 0 Å². The Hall–Kier alpha value is -4.27. The van der Waals surface area contributed by atoms with Gasteiger partial charge in [-0.3, -0.25) is 14.9 Å². The number of anilines is 1. The summed E-state index contributed by atoms with van der Waals surface area (Å²) in [4.78, 5) is 24.2. The number of benzene rings is 3. The van der Waals surface area contributed by atoms with Crippen LogP contribution in [0.3, 0.4) is 0 Å². The predicted molar refractivity (Wildman–Crippen MR) is 123 cm³/mol. The van der Waals surface area contributed by atoms with Crippen LogP contribution in [0, 0.1) is 10.1 Å². The average Bonchev–Trinajstić information content (AvgIpc) is 2.83. The lowest BCUT2D eigenvalue weighted by atomic mass is 10.0. The second kappa shape index (κ2) is 10.4. The molecule has 0 unspecified atom stereocenters. The molecule has 33 heavy (non-hydrogen) atoms. The first kappa shape index (κ1) is 23.4. The predicted octanol–water partition coefficient (Wildman–Crippen LogP) is 4.47. The molecule has 0 aliphatic carbocycles. The molecule has 0 fully saturated rings.